The molecule has 0 amide bonds. The van der Waals surface area contributed by atoms with Gasteiger partial charge in [-0.25, -0.2) is 4.98 Å². The molecule has 0 aliphatic carbocycles. The highest BCUT2D eigenvalue weighted by Gasteiger charge is 2.05. The molecule has 0 aromatic carbocycles. The predicted molar refractivity (Wildman–Crippen MR) is 112 cm³/mol. The van der Waals surface area contributed by atoms with E-state index in [1.54, 1.807) is 25.5 Å². The maximum atomic E-state index is 5.42. The van der Waals surface area contributed by atoms with Crippen LogP contribution in [0, 0.1) is 0 Å². The molecule has 0 aliphatic rings. The molecule has 0 saturated carbocycles. The Morgan fingerprint density at radius 2 is 2.00 bits per heavy atom. The molecule has 6 nitrogen and oxygen atoms in total. The van der Waals surface area contributed by atoms with Crippen LogP contribution < -0.4 is 10.6 Å². The van der Waals surface area contributed by atoms with Gasteiger partial charge in [0.15, 0.2) is 5.96 Å². The lowest BCUT2D eigenvalue weighted by molar-refractivity contribution is 0.0698. The topological polar surface area (TPSA) is 67.8 Å². The van der Waals surface area contributed by atoms with Crippen LogP contribution in [-0.2, 0) is 15.9 Å². The van der Waals surface area contributed by atoms with E-state index in [1.165, 1.54) is 5.01 Å². The number of nitrogens with one attached hydrogen (secondary N) is 2. The van der Waals surface area contributed by atoms with Crippen LogP contribution in [-0.4, -0.2) is 58.0 Å². The van der Waals surface area contributed by atoms with E-state index in [2.05, 4.69) is 39.8 Å². The molecule has 1 heterocycles. The fourth-order valence-electron chi connectivity index (χ4n) is 1.86. The van der Waals surface area contributed by atoms with Gasteiger partial charge in [0, 0.05) is 51.6 Å². The SMILES string of the molecule is CN=C(NCCCOCCOC)NCCc1csc(C(C)C)n1.I. The van der Waals surface area contributed by atoms with Crippen molar-refractivity contribution < 1.29 is 9.47 Å². The average molecular weight is 470 g/mol. The number of halogens is 1. The fraction of sp³-hybridized carbons (Fsp3) is 0.750. The lowest BCUT2D eigenvalue weighted by atomic mass is 10.2. The molecule has 0 bridgehead atoms. The van der Waals surface area contributed by atoms with Gasteiger partial charge in [-0.2, -0.15) is 0 Å². The Morgan fingerprint density at radius 1 is 1.25 bits per heavy atom. The van der Waals surface area contributed by atoms with E-state index in [1.807, 2.05) is 0 Å². The molecule has 0 unspecified atom stereocenters. The number of nitrogens with zero attached hydrogens (tertiary/aromatic N) is 2. The molecule has 1 aromatic rings. The Hall–Kier alpha value is -0.450. The third-order valence-electron chi connectivity index (χ3n) is 3.15. The summed E-state index contributed by atoms with van der Waals surface area (Å²) >= 11 is 1.74. The highest BCUT2D eigenvalue weighted by Crippen LogP contribution is 2.19. The van der Waals surface area contributed by atoms with Gasteiger partial charge in [0.1, 0.15) is 0 Å². The van der Waals surface area contributed by atoms with Gasteiger partial charge in [-0.15, -0.1) is 35.3 Å². The third-order valence-corrected chi connectivity index (χ3v) is 4.34. The number of guanidine groups is 1. The van der Waals surface area contributed by atoms with Crippen LogP contribution in [0.1, 0.15) is 36.9 Å². The van der Waals surface area contributed by atoms with Crippen molar-refractivity contribution in [2.75, 3.05) is 47.1 Å². The Kier molecular flexibility index (Phi) is 14.6. The van der Waals surface area contributed by atoms with Gasteiger partial charge in [0.25, 0.3) is 0 Å². The maximum Gasteiger partial charge on any atom is 0.190 e. The predicted octanol–water partition coefficient (Wildman–Crippen LogP) is 2.65. The number of aromatic nitrogens is 1. The second-order valence-corrected chi connectivity index (χ2v) is 6.36. The Balaban J connectivity index is 0.00000529. The summed E-state index contributed by atoms with van der Waals surface area (Å²) in [6, 6.07) is 0. The van der Waals surface area contributed by atoms with Crippen LogP contribution >= 0.6 is 35.3 Å². The van der Waals surface area contributed by atoms with Gasteiger partial charge in [-0.05, 0) is 6.42 Å². The molecule has 1 rings (SSSR count). The monoisotopic (exact) mass is 470 g/mol. The molecular formula is C16H31IN4O2S. The highest BCUT2D eigenvalue weighted by molar-refractivity contribution is 14.0. The van der Waals surface area contributed by atoms with Crippen molar-refractivity contribution in [2.45, 2.75) is 32.6 Å². The highest BCUT2D eigenvalue weighted by atomic mass is 127. The molecule has 0 radical (unpaired) electrons. The second kappa shape index (κ2) is 14.9. The molecule has 140 valence electrons. The first-order valence-corrected chi connectivity index (χ1v) is 9.00. The van der Waals surface area contributed by atoms with Gasteiger partial charge in [-0.3, -0.25) is 4.99 Å². The third kappa shape index (κ3) is 10.4. The number of ether oxygens (including phenoxy) is 2. The lowest BCUT2D eigenvalue weighted by Crippen LogP contribution is -2.39. The molecule has 0 atom stereocenters. The standard InChI is InChI=1S/C16H30N4O2S.HI/c1-13(2)15-20-14(12-23-15)6-8-19-16(17-3)18-7-5-9-22-11-10-21-4;/h12-13H,5-11H2,1-4H3,(H2,17,18,19);1H. The minimum absolute atomic E-state index is 0. The summed E-state index contributed by atoms with van der Waals surface area (Å²) in [4.78, 5) is 8.85. The van der Waals surface area contributed by atoms with Crippen LogP contribution in [0.25, 0.3) is 0 Å². The number of aliphatic imine (C=N–C) groups is 1. The summed E-state index contributed by atoms with van der Waals surface area (Å²) in [6.45, 7) is 8.02. The number of hydrogen-bond donors (Lipinski definition) is 2. The van der Waals surface area contributed by atoms with Crippen molar-refractivity contribution in [2.24, 2.45) is 4.99 Å². The van der Waals surface area contributed by atoms with Crippen LogP contribution in [0.5, 0.6) is 0 Å². The summed E-state index contributed by atoms with van der Waals surface area (Å²) in [5, 5.41) is 9.94. The van der Waals surface area contributed by atoms with E-state index in [0.717, 1.165) is 44.2 Å². The van der Waals surface area contributed by atoms with Crippen LogP contribution in [0.2, 0.25) is 0 Å². The van der Waals surface area contributed by atoms with Gasteiger partial charge in [-0.1, -0.05) is 13.8 Å². The fourth-order valence-corrected chi connectivity index (χ4v) is 2.73. The molecule has 0 spiro atoms. The zero-order valence-electron chi connectivity index (χ0n) is 15.1. The van der Waals surface area contributed by atoms with E-state index in [4.69, 9.17) is 9.47 Å². The van der Waals surface area contributed by atoms with Gasteiger partial charge in [0.2, 0.25) is 0 Å². The normalized spacial score (nSPS) is 11.5. The zero-order valence-corrected chi connectivity index (χ0v) is 18.3. The number of hydrogen-bond acceptors (Lipinski definition) is 5. The molecular weight excluding hydrogens is 439 g/mol. The Bertz CT molecular complexity index is 455. The zero-order chi connectivity index (χ0) is 16.9. The van der Waals surface area contributed by atoms with Crippen molar-refractivity contribution in [3.05, 3.63) is 16.1 Å². The van der Waals surface area contributed by atoms with Gasteiger partial charge < -0.3 is 20.1 Å². The van der Waals surface area contributed by atoms with Crippen molar-refractivity contribution >= 4 is 41.3 Å². The van der Waals surface area contributed by atoms with E-state index >= 15 is 0 Å². The molecule has 1 aromatic heterocycles. The quantitative estimate of drug-likeness (QED) is 0.225. The number of thiazole rings is 1. The minimum Gasteiger partial charge on any atom is -0.382 e. The first-order valence-electron chi connectivity index (χ1n) is 8.12. The van der Waals surface area contributed by atoms with Gasteiger partial charge >= 0.3 is 0 Å². The Morgan fingerprint density at radius 3 is 2.62 bits per heavy atom. The van der Waals surface area contributed by atoms with E-state index in [-0.39, 0.29) is 24.0 Å². The first kappa shape index (κ1) is 23.5. The Labute approximate surface area is 166 Å². The van der Waals surface area contributed by atoms with Crippen LogP contribution in [0.3, 0.4) is 0 Å². The molecule has 0 fully saturated rings. The van der Waals surface area contributed by atoms with E-state index in [0.29, 0.717) is 19.1 Å². The molecule has 0 aliphatic heterocycles. The second-order valence-electron chi connectivity index (χ2n) is 5.47. The molecule has 24 heavy (non-hydrogen) atoms. The smallest absolute Gasteiger partial charge is 0.190 e. The van der Waals surface area contributed by atoms with Crippen molar-refractivity contribution in [1.82, 2.24) is 15.6 Å². The molecule has 0 saturated heterocycles. The maximum absolute atomic E-state index is 5.42. The molecule has 8 heteroatoms. The van der Waals surface area contributed by atoms with Crippen molar-refractivity contribution in [1.29, 1.82) is 0 Å². The summed E-state index contributed by atoms with van der Waals surface area (Å²) < 4.78 is 10.3. The first-order chi connectivity index (χ1) is 11.2. The largest absolute Gasteiger partial charge is 0.382 e. The number of rotatable bonds is 11. The lowest BCUT2D eigenvalue weighted by Gasteiger charge is -2.11. The summed E-state index contributed by atoms with van der Waals surface area (Å²) in [5.41, 5.74) is 1.15. The van der Waals surface area contributed by atoms with Crippen LogP contribution in [0.15, 0.2) is 10.4 Å². The van der Waals surface area contributed by atoms with Crippen LogP contribution in [0.4, 0.5) is 0 Å². The summed E-state index contributed by atoms with van der Waals surface area (Å²) in [5.74, 6) is 1.32. The summed E-state index contributed by atoms with van der Waals surface area (Å²) in [7, 11) is 3.46. The van der Waals surface area contributed by atoms with Gasteiger partial charge in [0.05, 0.1) is 23.9 Å². The van der Waals surface area contributed by atoms with Crippen molar-refractivity contribution in [3.63, 3.8) is 0 Å². The molecule has 2 N–H and O–H groups in total. The summed E-state index contributed by atoms with van der Waals surface area (Å²) in [6.07, 6.45) is 1.85. The van der Waals surface area contributed by atoms with E-state index < -0.39 is 0 Å². The number of methoxy groups -OCH3 is 1. The van der Waals surface area contributed by atoms with Crippen molar-refractivity contribution in [3.8, 4) is 0 Å². The van der Waals surface area contributed by atoms with E-state index in [9.17, 15) is 0 Å². The minimum atomic E-state index is 0. The average Bonchev–Trinajstić information content (AvgIpc) is 3.01.